The van der Waals surface area contributed by atoms with Gasteiger partial charge in [0.2, 0.25) is 0 Å². The molecule has 0 radical (unpaired) electrons. The number of amides is 1. The van der Waals surface area contributed by atoms with Crippen molar-refractivity contribution in [2.45, 2.75) is 0 Å². The highest BCUT2D eigenvalue weighted by molar-refractivity contribution is 6.30. The van der Waals surface area contributed by atoms with Crippen molar-refractivity contribution in [3.05, 3.63) is 41.6 Å². The van der Waals surface area contributed by atoms with Crippen molar-refractivity contribution in [2.24, 2.45) is 0 Å². The Hall–Kier alpha value is -2.58. The molecule has 0 atom stereocenters. The van der Waals surface area contributed by atoms with E-state index in [1.54, 1.807) is 30.5 Å². The maximum absolute atomic E-state index is 11.8. The molecule has 2 heterocycles. The normalized spacial score (nSPS) is 13.9. The van der Waals surface area contributed by atoms with Crippen LogP contribution in [0.15, 0.2) is 36.5 Å². The van der Waals surface area contributed by atoms with Gasteiger partial charge in [0, 0.05) is 37.3 Å². The van der Waals surface area contributed by atoms with Gasteiger partial charge in [0.1, 0.15) is 5.75 Å². The van der Waals surface area contributed by atoms with Crippen molar-refractivity contribution in [1.82, 2.24) is 15.5 Å². The summed E-state index contributed by atoms with van der Waals surface area (Å²) in [5.41, 5.74) is 1.01. The van der Waals surface area contributed by atoms with E-state index in [4.69, 9.17) is 21.1 Å². The van der Waals surface area contributed by atoms with E-state index in [-0.39, 0.29) is 12.5 Å². The minimum atomic E-state index is -0.195. The molecule has 1 amide bonds. The van der Waals surface area contributed by atoms with E-state index in [9.17, 15) is 4.79 Å². The Kier molecular flexibility index (Phi) is 7.06. The zero-order valence-corrected chi connectivity index (χ0v) is 15.6. The first kappa shape index (κ1) is 19.2. The molecule has 27 heavy (non-hydrogen) atoms. The largest absolute Gasteiger partial charge is 0.484 e. The second-order valence-electron chi connectivity index (χ2n) is 5.92. The fraction of sp³-hybridized carbons (Fsp3) is 0.389. The first-order valence-electron chi connectivity index (χ1n) is 8.75. The van der Waals surface area contributed by atoms with Gasteiger partial charge >= 0.3 is 0 Å². The van der Waals surface area contributed by atoms with Gasteiger partial charge in [-0.3, -0.25) is 4.79 Å². The molecule has 1 aromatic heterocycles. The van der Waals surface area contributed by atoms with Crippen LogP contribution >= 0.6 is 11.6 Å². The number of carbonyl (C=O) groups excluding carboxylic acids is 1. The average Bonchev–Trinajstić information content (AvgIpc) is 2.72. The first-order chi connectivity index (χ1) is 13.2. The quantitative estimate of drug-likeness (QED) is 0.660. The number of nitrogens with one attached hydrogen (secondary N) is 2. The Labute approximate surface area is 162 Å². The number of halogens is 1. The second-order valence-corrected chi connectivity index (χ2v) is 6.35. The minimum absolute atomic E-state index is 0.0477. The number of benzene rings is 1. The van der Waals surface area contributed by atoms with E-state index in [1.807, 2.05) is 6.07 Å². The number of anilines is 2. The Balaban J connectivity index is 1.35. The van der Waals surface area contributed by atoms with E-state index in [0.717, 1.165) is 32.0 Å². The molecule has 0 unspecified atom stereocenters. The van der Waals surface area contributed by atoms with Gasteiger partial charge in [0.25, 0.3) is 5.91 Å². The standard InChI is InChI=1S/C18H22ClN5O3/c19-14-1-3-16(4-2-14)27-13-18(25)21-6-5-20-17-11-15(12-22-23-17)24-7-9-26-10-8-24/h1-4,11-12H,5-10,13H2,(H,20,23)(H,21,25). The summed E-state index contributed by atoms with van der Waals surface area (Å²) in [5.74, 6) is 1.08. The molecule has 3 rings (SSSR count). The second kappa shape index (κ2) is 9.94. The molecule has 2 N–H and O–H groups in total. The smallest absolute Gasteiger partial charge is 0.258 e. The lowest BCUT2D eigenvalue weighted by Gasteiger charge is -2.28. The lowest BCUT2D eigenvalue weighted by Crippen LogP contribution is -2.36. The van der Waals surface area contributed by atoms with E-state index in [2.05, 4.69) is 25.7 Å². The van der Waals surface area contributed by atoms with Crippen LogP contribution in [0, 0.1) is 0 Å². The van der Waals surface area contributed by atoms with Gasteiger partial charge in [0.15, 0.2) is 12.4 Å². The maximum atomic E-state index is 11.8. The van der Waals surface area contributed by atoms with Crippen LogP contribution in [0.25, 0.3) is 0 Å². The van der Waals surface area contributed by atoms with Crippen molar-refractivity contribution in [2.75, 3.05) is 56.2 Å². The summed E-state index contributed by atoms with van der Waals surface area (Å²) < 4.78 is 10.7. The van der Waals surface area contributed by atoms with Gasteiger partial charge in [-0.05, 0) is 24.3 Å². The van der Waals surface area contributed by atoms with Crippen LogP contribution in [0.4, 0.5) is 11.5 Å². The third-order valence-corrected chi connectivity index (χ3v) is 4.21. The molecule has 0 spiro atoms. The molecule has 2 aromatic rings. The van der Waals surface area contributed by atoms with Crippen molar-refractivity contribution in [3.8, 4) is 5.75 Å². The minimum Gasteiger partial charge on any atom is -0.484 e. The lowest BCUT2D eigenvalue weighted by molar-refractivity contribution is -0.123. The van der Waals surface area contributed by atoms with Gasteiger partial charge < -0.3 is 25.0 Å². The Morgan fingerprint density at radius 2 is 2.00 bits per heavy atom. The SMILES string of the molecule is O=C(COc1ccc(Cl)cc1)NCCNc1cc(N2CCOCC2)cnn1. The van der Waals surface area contributed by atoms with Crippen molar-refractivity contribution < 1.29 is 14.3 Å². The van der Waals surface area contributed by atoms with Crippen LogP contribution in [-0.4, -0.2) is 62.1 Å². The van der Waals surface area contributed by atoms with Crippen molar-refractivity contribution in [1.29, 1.82) is 0 Å². The maximum Gasteiger partial charge on any atom is 0.258 e. The van der Waals surface area contributed by atoms with Gasteiger partial charge in [-0.25, -0.2) is 0 Å². The molecule has 1 saturated heterocycles. The predicted octanol–water partition coefficient (Wildman–Crippen LogP) is 1.57. The number of ether oxygens (including phenoxy) is 2. The highest BCUT2D eigenvalue weighted by atomic mass is 35.5. The zero-order chi connectivity index (χ0) is 18.9. The Bertz CT molecular complexity index is 738. The topological polar surface area (TPSA) is 88.6 Å². The molecule has 1 aliphatic rings. The highest BCUT2D eigenvalue weighted by Crippen LogP contribution is 2.17. The van der Waals surface area contributed by atoms with Crippen LogP contribution < -0.4 is 20.3 Å². The molecule has 8 nitrogen and oxygen atoms in total. The number of morpholine rings is 1. The van der Waals surface area contributed by atoms with E-state index >= 15 is 0 Å². The molecule has 1 aliphatic heterocycles. The van der Waals surface area contributed by atoms with Gasteiger partial charge in [-0.2, -0.15) is 5.10 Å². The van der Waals surface area contributed by atoms with Gasteiger partial charge in [0.05, 0.1) is 25.1 Å². The van der Waals surface area contributed by atoms with Crippen molar-refractivity contribution in [3.63, 3.8) is 0 Å². The summed E-state index contributed by atoms with van der Waals surface area (Å²) in [5, 5.41) is 14.7. The van der Waals surface area contributed by atoms with Gasteiger partial charge in [-0.1, -0.05) is 11.6 Å². The summed E-state index contributed by atoms with van der Waals surface area (Å²) in [7, 11) is 0. The number of hydrogen-bond acceptors (Lipinski definition) is 7. The molecule has 0 bridgehead atoms. The van der Waals surface area contributed by atoms with Crippen LogP contribution in [0.3, 0.4) is 0 Å². The number of aromatic nitrogens is 2. The molecule has 0 saturated carbocycles. The van der Waals surface area contributed by atoms with Crippen LogP contribution in [0.5, 0.6) is 5.75 Å². The van der Waals surface area contributed by atoms with Gasteiger partial charge in [-0.15, -0.1) is 5.10 Å². The molecular weight excluding hydrogens is 370 g/mol. The van der Waals surface area contributed by atoms with Crippen LogP contribution in [-0.2, 0) is 9.53 Å². The third-order valence-electron chi connectivity index (χ3n) is 3.95. The van der Waals surface area contributed by atoms with E-state index in [0.29, 0.717) is 29.7 Å². The summed E-state index contributed by atoms with van der Waals surface area (Å²) in [4.78, 5) is 14.0. The molecule has 144 valence electrons. The van der Waals surface area contributed by atoms with E-state index < -0.39 is 0 Å². The average molecular weight is 392 g/mol. The molecule has 0 aliphatic carbocycles. The van der Waals surface area contributed by atoms with E-state index in [1.165, 1.54) is 0 Å². The predicted molar refractivity (Wildman–Crippen MR) is 104 cm³/mol. The van der Waals surface area contributed by atoms with Crippen LogP contribution in [0.2, 0.25) is 5.02 Å². The van der Waals surface area contributed by atoms with Crippen LogP contribution in [0.1, 0.15) is 0 Å². The lowest BCUT2D eigenvalue weighted by atomic mass is 10.3. The number of rotatable bonds is 8. The fourth-order valence-corrected chi connectivity index (χ4v) is 2.69. The third kappa shape index (κ3) is 6.26. The monoisotopic (exact) mass is 391 g/mol. The van der Waals surface area contributed by atoms with Crippen molar-refractivity contribution >= 4 is 29.0 Å². The molecular formula is C18H22ClN5O3. The summed E-state index contributed by atoms with van der Waals surface area (Å²) in [6.07, 6.45) is 1.74. The first-order valence-corrected chi connectivity index (χ1v) is 9.13. The fourth-order valence-electron chi connectivity index (χ4n) is 2.56. The Morgan fingerprint density at radius 3 is 2.78 bits per heavy atom. The summed E-state index contributed by atoms with van der Waals surface area (Å²) in [6.45, 7) is 4.06. The summed E-state index contributed by atoms with van der Waals surface area (Å²) in [6, 6.07) is 8.81. The molecule has 1 fully saturated rings. The zero-order valence-electron chi connectivity index (χ0n) is 14.9. The Morgan fingerprint density at radius 1 is 1.22 bits per heavy atom. The highest BCUT2D eigenvalue weighted by Gasteiger charge is 2.12. The molecule has 9 heteroatoms. The number of hydrogen-bond donors (Lipinski definition) is 2. The number of nitrogens with zero attached hydrogens (tertiary/aromatic N) is 3. The summed E-state index contributed by atoms with van der Waals surface area (Å²) >= 11 is 5.80. The number of carbonyl (C=O) groups is 1. The molecule has 1 aromatic carbocycles.